The van der Waals surface area contributed by atoms with Crippen molar-refractivity contribution in [3.63, 3.8) is 0 Å². The van der Waals surface area contributed by atoms with Crippen molar-refractivity contribution in [3.8, 4) is 22.8 Å². The Morgan fingerprint density at radius 3 is 2.67 bits per heavy atom. The molecule has 1 N–H and O–H groups in total. The van der Waals surface area contributed by atoms with Crippen molar-refractivity contribution in [2.75, 3.05) is 7.11 Å². The van der Waals surface area contributed by atoms with Crippen LogP contribution in [-0.4, -0.2) is 22.8 Å². The molecule has 1 atom stereocenters. The van der Waals surface area contributed by atoms with Gasteiger partial charge in [0.2, 0.25) is 6.23 Å². The molecule has 3 aromatic rings. The molecule has 2 heterocycles. The lowest BCUT2D eigenvalue weighted by Gasteiger charge is -2.31. The van der Waals surface area contributed by atoms with E-state index in [-0.39, 0.29) is 16.3 Å². The van der Waals surface area contributed by atoms with Gasteiger partial charge in [0.1, 0.15) is 17.1 Å². The zero-order chi connectivity index (χ0) is 19.1. The summed E-state index contributed by atoms with van der Waals surface area (Å²) in [5.41, 5.74) is 1.29. The van der Waals surface area contributed by atoms with Gasteiger partial charge < -0.3 is 19.1 Å². The van der Waals surface area contributed by atoms with E-state index >= 15 is 0 Å². The molecule has 0 spiro atoms. The van der Waals surface area contributed by atoms with Gasteiger partial charge in [-0.3, -0.25) is 4.79 Å². The Bertz CT molecular complexity index is 1110. The molecule has 0 radical (unpaired) electrons. The second kappa shape index (κ2) is 6.48. The van der Waals surface area contributed by atoms with Crippen molar-refractivity contribution in [2.24, 2.45) is 0 Å². The van der Waals surface area contributed by atoms with Gasteiger partial charge >= 0.3 is 5.97 Å². The van der Waals surface area contributed by atoms with Crippen LogP contribution in [0.5, 0.6) is 11.5 Å². The summed E-state index contributed by atoms with van der Waals surface area (Å²) in [4.78, 5) is 24.4. The Balaban J connectivity index is 2.01. The van der Waals surface area contributed by atoms with E-state index in [0.717, 1.165) is 5.56 Å². The van der Waals surface area contributed by atoms with Crippen LogP contribution in [0.25, 0.3) is 11.3 Å². The zero-order valence-electron chi connectivity index (χ0n) is 14.2. The minimum Gasteiger partial charge on any atom is -0.506 e. The van der Waals surface area contributed by atoms with E-state index in [1.54, 1.807) is 4.57 Å². The Kier molecular flexibility index (Phi) is 4.12. The third kappa shape index (κ3) is 2.84. The first kappa shape index (κ1) is 17.2. The summed E-state index contributed by atoms with van der Waals surface area (Å²) in [5.74, 6) is -0.461. The number of aromatic nitrogens is 1. The van der Waals surface area contributed by atoms with E-state index in [2.05, 4.69) is 0 Å². The second-order valence-electron chi connectivity index (χ2n) is 6.02. The van der Waals surface area contributed by atoms with Crippen molar-refractivity contribution >= 4 is 17.6 Å². The Morgan fingerprint density at radius 1 is 1.22 bits per heavy atom. The molecule has 6 nitrogen and oxygen atoms in total. The van der Waals surface area contributed by atoms with Gasteiger partial charge in [-0.2, -0.15) is 0 Å². The van der Waals surface area contributed by atoms with Crippen LogP contribution in [0.15, 0.2) is 59.5 Å². The van der Waals surface area contributed by atoms with E-state index in [4.69, 9.17) is 21.1 Å². The molecule has 4 rings (SSSR count). The summed E-state index contributed by atoms with van der Waals surface area (Å²) in [7, 11) is 1.22. The van der Waals surface area contributed by atoms with Crippen LogP contribution in [0.2, 0.25) is 5.02 Å². The summed E-state index contributed by atoms with van der Waals surface area (Å²) in [5, 5.41) is 10.1. The van der Waals surface area contributed by atoms with Crippen LogP contribution in [0.4, 0.5) is 0 Å². The average molecular weight is 384 g/mol. The number of ether oxygens (including phenoxy) is 2. The number of hydrogen-bond donors (Lipinski definition) is 1. The molecule has 1 aromatic heterocycles. The predicted octanol–water partition coefficient (Wildman–Crippen LogP) is 3.60. The number of fused-ring (bicyclic) bond motifs is 3. The first-order valence-electron chi connectivity index (χ1n) is 8.08. The highest BCUT2D eigenvalue weighted by molar-refractivity contribution is 6.32. The molecular formula is C20H14ClNO5. The van der Waals surface area contributed by atoms with Gasteiger partial charge in [-0.1, -0.05) is 41.9 Å². The molecule has 0 fully saturated rings. The third-order valence-corrected chi connectivity index (χ3v) is 4.69. The van der Waals surface area contributed by atoms with E-state index < -0.39 is 17.6 Å². The molecule has 7 heteroatoms. The van der Waals surface area contributed by atoms with Crippen molar-refractivity contribution < 1.29 is 19.4 Å². The Hall–Kier alpha value is -3.25. The quantitative estimate of drug-likeness (QED) is 0.684. The van der Waals surface area contributed by atoms with Crippen LogP contribution in [-0.2, 0) is 4.74 Å². The van der Waals surface area contributed by atoms with E-state index in [0.29, 0.717) is 17.0 Å². The number of pyridine rings is 1. The minimum atomic E-state index is -0.725. The van der Waals surface area contributed by atoms with Gasteiger partial charge in [0.15, 0.2) is 5.43 Å². The maximum absolute atomic E-state index is 12.5. The van der Waals surface area contributed by atoms with Crippen molar-refractivity contribution in [1.29, 1.82) is 0 Å². The normalized spacial score (nSPS) is 14.7. The molecule has 136 valence electrons. The summed E-state index contributed by atoms with van der Waals surface area (Å²) in [6.07, 6.45) is 0.781. The summed E-state index contributed by atoms with van der Waals surface area (Å²) in [6.45, 7) is 0. The number of nitrogens with zero attached hydrogens (tertiary/aromatic N) is 1. The highest BCUT2D eigenvalue weighted by Gasteiger charge is 2.29. The fourth-order valence-electron chi connectivity index (χ4n) is 3.09. The van der Waals surface area contributed by atoms with E-state index in [1.165, 1.54) is 31.5 Å². The summed E-state index contributed by atoms with van der Waals surface area (Å²) < 4.78 is 12.5. The second-order valence-corrected chi connectivity index (χ2v) is 6.42. The Morgan fingerprint density at radius 2 is 1.96 bits per heavy atom. The molecule has 0 saturated heterocycles. The fourth-order valence-corrected chi connectivity index (χ4v) is 3.25. The number of phenols is 1. The van der Waals surface area contributed by atoms with Crippen LogP contribution < -0.4 is 10.2 Å². The van der Waals surface area contributed by atoms with Gasteiger partial charge in [-0.25, -0.2) is 4.79 Å². The van der Waals surface area contributed by atoms with Crippen LogP contribution in [0.1, 0.15) is 22.1 Å². The molecule has 0 amide bonds. The topological polar surface area (TPSA) is 77.8 Å². The average Bonchev–Trinajstić information content (AvgIpc) is 2.68. The lowest BCUT2D eigenvalue weighted by Crippen LogP contribution is -2.28. The van der Waals surface area contributed by atoms with Gasteiger partial charge in [0, 0.05) is 29.5 Å². The number of hydrogen-bond acceptors (Lipinski definition) is 5. The van der Waals surface area contributed by atoms with Gasteiger partial charge in [0.05, 0.1) is 17.8 Å². The number of carbonyl (C=O) groups excluding carboxylic acids is 1. The SMILES string of the molecule is COC(=O)c1cn2c(cc1=O)-c1cc(Cl)c(O)cc1OC2c1ccccc1. The Labute approximate surface area is 159 Å². The molecule has 1 aliphatic rings. The molecule has 0 bridgehead atoms. The number of phenolic OH excluding ortho intramolecular Hbond substituents is 1. The molecule has 1 unspecified atom stereocenters. The number of rotatable bonds is 2. The molecule has 27 heavy (non-hydrogen) atoms. The first-order valence-corrected chi connectivity index (χ1v) is 8.46. The standard InChI is InChI=1S/C20H14ClNO5/c1-26-20(25)13-10-22-15(8-16(13)23)12-7-14(21)17(24)9-18(12)27-19(22)11-5-3-2-4-6-11/h2-10,19,24H,1H3. The molecular weight excluding hydrogens is 370 g/mol. The molecule has 2 aromatic carbocycles. The van der Waals surface area contributed by atoms with E-state index in [9.17, 15) is 14.7 Å². The summed E-state index contributed by atoms with van der Waals surface area (Å²) >= 11 is 6.04. The first-order chi connectivity index (χ1) is 13.0. The molecule has 0 saturated carbocycles. The smallest absolute Gasteiger partial charge is 0.343 e. The number of aromatic hydroxyl groups is 1. The fraction of sp³-hybridized carbons (Fsp3) is 0.100. The highest BCUT2D eigenvalue weighted by Crippen LogP contribution is 2.44. The number of methoxy groups -OCH3 is 1. The van der Waals surface area contributed by atoms with Crippen molar-refractivity contribution in [1.82, 2.24) is 4.57 Å². The highest BCUT2D eigenvalue weighted by atomic mass is 35.5. The van der Waals surface area contributed by atoms with Crippen molar-refractivity contribution in [3.05, 3.63) is 81.1 Å². The predicted molar refractivity (Wildman–Crippen MR) is 99.4 cm³/mol. The van der Waals surface area contributed by atoms with Crippen LogP contribution in [0, 0.1) is 0 Å². The maximum Gasteiger partial charge on any atom is 0.343 e. The maximum atomic E-state index is 12.5. The van der Waals surface area contributed by atoms with Crippen LogP contribution >= 0.6 is 11.6 Å². The molecule has 1 aliphatic heterocycles. The van der Waals surface area contributed by atoms with Gasteiger partial charge in [-0.05, 0) is 6.07 Å². The van der Waals surface area contributed by atoms with Crippen LogP contribution in [0.3, 0.4) is 0 Å². The summed E-state index contributed by atoms with van der Waals surface area (Å²) in [6, 6.07) is 13.6. The van der Waals surface area contributed by atoms with Gasteiger partial charge in [-0.15, -0.1) is 0 Å². The lowest BCUT2D eigenvalue weighted by molar-refractivity contribution is 0.0597. The van der Waals surface area contributed by atoms with Crippen molar-refractivity contribution in [2.45, 2.75) is 6.23 Å². The largest absolute Gasteiger partial charge is 0.506 e. The number of halogens is 1. The zero-order valence-corrected chi connectivity index (χ0v) is 14.9. The number of carbonyl (C=O) groups is 1. The molecule has 0 aliphatic carbocycles. The monoisotopic (exact) mass is 383 g/mol. The third-order valence-electron chi connectivity index (χ3n) is 4.39. The number of benzene rings is 2. The minimum absolute atomic E-state index is 0.0980. The lowest BCUT2D eigenvalue weighted by atomic mass is 10.0. The number of esters is 1. The van der Waals surface area contributed by atoms with E-state index in [1.807, 2.05) is 30.3 Å². The van der Waals surface area contributed by atoms with Gasteiger partial charge in [0.25, 0.3) is 0 Å².